The molecule has 1 unspecified atom stereocenters. The molecule has 1 aromatic rings. The van der Waals surface area contributed by atoms with Crippen LogP contribution in [-0.2, 0) is 25.7 Å². The Bertz CT molecular complexity index is 941. The summed E-state index contributed by atoms with van der Waals surface area (Å²) in [6.45, 7) is 0.892. The van der Waals surface area contributed by atoms with Gasteiger partial charge in [-0.25, -0.2) is 13.2 Å². The largest absolute Gasteiger partial charge is 1.00 e. The predicted octanol–water partition coefficient (Wildman–Crippen LogP) is -2.67. The van der Waals surface area contributed by atoms with Crippen LogP contribution in [0.15, 0.2) is 6.07 Å². The molecule has 14 heteroatoms. The van der Waals surface area contributed by atoms with Gasteiger partial charge in [0.25, 0.3) is 5.91 Å². The third kappa shape index (κ3) is 7.70. The number of aromatic nitrogens is 1. The smallest absolute Gasteiger partial charge is 0.726 e. The maximum atomic E-state index is 12.4. The van der Waals surface area contributed by atoms with E-state index in [0.717, 1.165) is 18.4 Å². The number of ether oxygens (including phenoxy) is 1. The van der Waals surface area contributed by atoms with Crippen LogP contribution >= 0.6 is 0 Å². The molecule has 1 heterocycles. The Balaban J connectivity index is 0.00000480. The molecule has 1 aromatic heterocycles. The summed E-state index contributed by atoms with van der Waals surface area (Å²) in [7, 11) is -3.71. The van der Waals surface area contributed by atoms with Crippen molar-refractivity contribution in [2.24, 2.45) is 5.73 Å². The zero-order chi connectivity index (χ0) is 22.5. The van der Waals surface area contributed by atoms with Crippen molar-refractivity contribution in [2.75, 3.05) is 20.3 Å². The summed E-state index contributed by atoms with van der Waals surface area (Å²) in [5.41, 5.74) is 7.16. The van der Waals surface area contributed by atoms with Gasteiger partial charge in [0.1, 0.15) is 0 Å². The molecule has 0 saturated carbocycles. The number of carbonyl (C=O) groups is 2. The van der Waals surface area contributed by atoms with Gasteiger partial charge < -0.3 is 15.0 Å². The van der Waals surface area contributed by atoms with E-state index in [-0.39, 0.29) is 41.7 Å². The van der Waals surface area contributed by atoms with Crippen LogP contribution in [-0.4, -0.2) is 61.1 Å². The second-order valence-corrected chi connectivity index (χ2v) is 7.74. The Morgan fingerprint density at radius 1 is 1.42 bits per heavy atom. The second-order valence-electron chi connectivity index (χ2n) is 6.69. The molecule has 1 atom stereocenters. The van der Waals surface area contributed by atoms with E-state index >= 15 is 0 Å². The van der Waals surface area contributed by atoms with Gasteiger partial charge in [-0.2, -0.15) is 0 Å². The van der Waals surface area contributed by atoms with E-state index in [2.05, 4.69) is 14.5 Å². The predicted molar refractivity (Wildman–Crippen MR) is 103 cm³/mol. The number of nitrogens with two attached hydrogens (primary N) is 1. The molecular weight excluding hydrogens is 441 g/mol. The normalized spacial score (nSPS) is 15.6. The fourth-order valence-electron chi connectivity index (χ4n) is 3.40. The molecule has 31 heavy (non-hydrogen) atoms. The van der Waals surface area contributed by atoms with Crippen molar-refractivity contribution in [3.63, 3.8) is 0 Å². The summed E-state index contributed by atoms with van der Waals surface area (Å²) < 4.78 is 41.2. The van der Waals surface area contributed by atoms with E-state index in [1.54, 1.807) is 13.0 Å². The van der Waals surface area contributed by atoms with Crippen molar-refractivity contribution in [3.05, 3.63) is 28.6 Å². The van der Waals surface area contributed by atoms with Crippen LogP contribution in [0.5, 0.6) is 0 Å². The zero-order valence-electron chi connectivity index (χ0n) is 17.6. The van der Waals surface area contributed by atoms with Gasteiger partial charge >= 0.3 is 35.7 Å². The van der Waals surface area contributed by atoms with Gasteiger partial charge in [-0.3, -0.25) is 29.6 Å². The maximum Gasteiger partial charge on any atom is 1.00 e. The molecule has 0 radical (unpaired) electrons. The van der Waals surface area contributed by atoms with Crippen molar-refractivity contribution in [3.8, 4) is 0 Å². The summed E-state index contributed by atoms with van der Waals surface area (Å²) in [4.78, 5) is 30.5. The third-order valence-electron chi connectivity index (χ3n) is 4.65. The molecule has 0 fully saturated rings. The van der Waals surface area contributed by atoms with Crippen LogP contribution in [0.3, 0.4) is 0 Å². The number of nitrogens with zero attached hydrogens (tertiary/aromatic N) is 2. The minimum absolute atomic E-state index is 0. The van der Waals surface area contributed by atoms with E-state index in [1.807, 2.05) is 0 Å². The first kappa shape index (κ1) is 27.3. The van der Waals surface area contributed by atoms with E-state index < -0.39 is 41.0 Å². The van der Waals surface area contributed by atoms with Crippen LogP contribution in [0.1, 0.15) is 52.6 Å². The van der Waals surface area contributed by atoms with Crippen LogP contribution < -0.4 is 40.6 Å². The van der Waals surface area contributed by atoms with Crippen molar-refractivity contribution in [1.82, 2.24) is 15.2 Å². The van der Waals surface area contributed by atoms with Gasteiger partial charge in [-0.05, 0) is 37.8 Å². The molecular formula is C17H24N5NaO7S. The van der Waals surface area contributed by atoms with Crippen molar-refractivity contribution in [1.29, 1.82) is 5.41 Å². The minimum atomic E-state index is -4.90. The monoisotopic (exact) mass is 465 g/mol. The topological polar surface area (TPSA) is 188 Å². The Morgan fingerprint density at radius 3 is 2.68 bits per heavy atom. The maximum absolute atomic E-state index is 12.4. The fraction of sp³-hybridized carbons (Fsp3) is 0.529. The number of methoxy groups -OCH3 is 1. The summed E-state index contributed by atoms with van der Waals surface area (Å²) in [6.07, 6.45) is 1.93. The molecule has 2 amide bonds. The quantitative estimate of drug-likeness (QED) is 0.100. The molecule has 4 N–H and O–H groups in total. The first-order valence-corrected chi connectivity index (χ1v) is 10.5. The Kier molecular flexibility index (Phi) is 10.3. The number of guanidine groups is 1. The van der Waals surface area contributed by atoms with Crippen LogP contribution in [0.4, 0.5) is 4.79 Å². The number of rotatable bonds is 6. The van der Waals surface area contributed by atoms with E-state index in [4.69, 9.17) is 15.9 Å². The molecule has 0 spiro atoms. The number of hydrogen-bond acceptors (Lipinski definition) is 9. The van der Waals surface area contributed by atoms with E-state index in [0.29, 0.717) is 24.2 Å². The van der Waals surface area contributed by atoms with Gasteiger partial charge in [-0.15, -0.1) is 0 Å². The summed E-state index contributed by atoms with van der Waals surface area (Å²) in [5, 5.41) is 9.44. The van der Waals surface area contributed by atoms with Crippen molar-refractivity contribution in [2.45, 2.75) is 38.6 Å². The number of pyridine rings is 1. The SMILES string of the molecule is COC(=O)N(CCOS(=O)(=O)[O-])C1CCCCc2cc(C(=O)NC(=N)N)c(C)nc21.[Na+]. The van der Waals surface area contributed by atoms with E-state index in [1.165, 1.54) is 12.0 Å². The average Bonchev–Trinajstić information content (AvgIpc) is 2.84. The minimum Gasteiger partial charge on any atom is -0.726 e. The van der Waals surface area contributed by atoms with Crippen LogP contribution in [0.2, 0.25) is 0 Å². The Labute approximate surface area is 202 Å². The molecule has 1 aliphatic carbocycles. The molecule has 0 saturated heterocycles. The van der Waals surface area contributed by atoms with E-state index in [9.17, 15) is 22.6 Å². The Morgan fingerprint density at radius 2 is 2.10 bits per heavy atom. The van der Waals surface area contributed by atoms with Gasteiger partial charge in [-0.1, -0.05) is 6.42 Å². The molecule has 0 bridgehead atoms. The summed E-state index contributed by atoms with van der Waals surface area (Å²) in [5.74, 6) is -1.05. The van der Waals surface area contributed by atoms with Gasteiger partial charge in [0.15, 0.2) is 5.96 Å². The number of amides is 2. The zero-order valence-corrected chi connectivity index (χ0v) is 20.5. The third-order valence-corrected chi connectivity index (χ3v) is 5.11. The molecule has 0 aliphatic heterocycles. The molecule has 12 nitrogen and oxygen atoms in total. The van der Waals surface area contributed by atoms with Crippen LogP contribution in [0, 0.1) is 12.3 Å². The number of carbonyl (C=O) groups excluding carboxylic acids is 2. The van der Waals surface area contributed by atoms with Gasteiger partial charge in [0.2, 0.25) is 10.4 Å². The number of fused-ring (bicyclic) bond motifs is 1. The average molecular weight is 465 g/mol. The first-order valence-electron chi connectivity index (χ1n) is 9.14. The summed E-state index contributed by atoms with van der Waals surface area (Å²) >= 11 is 0. The fourth-order valence-corrected chi connectivity index (χ4v) is 3.67. The number of hydrogen-bond donors (Lipinski definition) is 3. The Hall–Kier alpha value is -1.77. The molecule has 166 valence electrons. The molecule has 0 aromatic carbocycles. The number of nitrogens with one attached hydrogen (secondary N) is 2. The molecule has 2 rings (SSSR count). The standard InChI is InChI=1S/C17H25N5O7S.Na/c1-10-12(15(23)21-16(18)19)9-11-5-3-4-6-13(14(11)20-10)22(17(24)28-2)7-8-29-30(25,26)27;/h9,13H,3-8H2,1-2H3,(H,25,26,27)(H4,18,19,21,23);/q;+1/p-1. The summed E-state index contributed by atoms with van der Waals surface area (Å²) in [6, 6.07) is 1.10. The molecule has 1 aliphatic rings. The second kappa shape index (κ2) is 11.7. The first-order chi connectivity index (χ1) is 14.0. The van der Waals surface area contributed by atoms with Gasteiger partial charge in [0, 0.05) is 6.54 Å². The number of aryl methyl sites for hydroxylation is 2. The van der Waals surface area contributed by atoms with Crippen molar-refractivity contribution < 1.29 is 61.0 Å². The van der Waals surface area contributed by atoms with Gasteiger partial charge in [0.05, 0.1) is 36.7 Å². The van der Waals surface area contributed by atoms with Crippen molar-refractivity contribution >= 4 is 28.4 Å². The van der Waals surface area contributed by atoms with Crippen LogP contribution in [0.25, 0.3) is 0 Å².